The first-order chi connectivity index (χ1) is 16.2. The molecule has 0 aromatic heterocycles. The van der Waals surface area contributed by atoms with E-state index in [4.69, 9.17) is 4.74 Å². The van der Waals surface area contributed by atoms with Crippen LogP contribution in [0.2, 0.25) is 0 Å². The molecule has 0 bridgehead atoms. The van der Waals surface area contributed by atoms with Gasteiger partial charge < -0.3 is 15.4 Å². The van der Waals surface area contributed by atoms with Crippen molar-refractivity contribution in [2.45, 2.75) is 45.2 Å². The van der Waals surface area contributed by atoms with Crippen LogP contribution in [-0.2, 0) is 9.53 Å². The largest absolute Gasteiger partial charge is 0.387 e. The van der Waals surface area contributed by atoms with Gasteiger partial charge in [0.25, 0.3) is 11.8 Å². The summed E-state index contributed by atoms with van der Waals surface area (Å²) in [6.07, 6.45) is 0. The third-order valence-corrected chi connectivity index (χ3v) is 7.22. The van der Waals surface area contributed by atoms with E-state index in [-0.39, 0.29) is 29.7 Å². The van der Waals surface area contributed by atoms with Crippen molar-refractivity contribution >= 4 is 33.4 Å². The Labute approximate surface area is 212 Å². The molecule has 1 aromatic carbocycles. The average Bonchev–Trinajstić information content (AvgIpc) is 2.78. The summed E-state index contributed by atoms with van der Waals surface area (Å²) in [7, 11) is 3.51. The minimum Gasteiger partial charge on any atom is -0.387 e. The standard InChI is InChI=1S/C25H38N4O3S2/c1-18(2)11-12-27-23(30)17-32-16-15-29-25(34-33-20(5)6)22-9-7-21(8-10-22)24(31)28-14-13-26-19(3)4/h7-10,18,20,25-26,29H,3,13-17H2,1-2,4-6H3,(H,27,30)(H,28,31). The summed E-state index contributed by atoms with van der Waals surface area (Å²) in [5.41, 5.74) is 2.56. The highest BCUT2D eigenvalue weighted by Gasteiger charge is 2.14. The second kappa shape index (κ2) is 17.3. The number of carbonyl (C=O) groups is 2. The van der Waals surface area contributed by atoms with E-state index in [1.54, 1.807) is 21.6 Å². The fourth-order valence-electron chi connectivity index (χ4n) is 2.45. The number of hydrogen-bond donors (Lipinski definition) is 4. The van der Waals surface area contributed by atoms with Gasteiger partial charge in [0.2, 0.25) is 0 Å². The fourth-order valence-corrected chi connectivity index (χ4v) is 4.78. The van der Waals surface area contributed by atoms with Crippen molar-refractivity contribution in [3.8, 4) is 12.0 Å². The maximum absolute atomic E-state index is 12.3. The zero-order valence-corrected chi connectivity index (χ0v) is 22.5. The molecule has 0 radical (unpaired) electrons. The SMILES string of the molecule is C=C(C)NCCNC(=O)c1ccc(C(NCCOCC(=O)NC#CC(C)C)SSC(C)C)cc1. The van der Waals surface area contributed by atoms with Crippen molar-refractivity contribution < 1.29 is 14.3 Å². The molecule has 0 aliphatic carbocycles. The molecule has 188 valence electrons. The first-order valence-electron chi connectivity index (χ1n) is 11.4. The Kier molecular flexibility index (Phi) is 15.3. The van der Waals surface area contributed by atoms with Gasteiger partial charge in [-0.1, -0.05) is 73.9 Å². The summed E-state index contributed by atoms with van der Waals surface area (Å²) in [5, 5.41) is 12.5. The first kappa shape index (κ1) is 29.9. The molecule has 9 heteroatoms. The zero-order valence-electron chi connectivity index (χ0n) is 20.8. The van der Waals surface area contributed by atoms with Crippen molar-refractivity contribution in [2.75, 3.05) is 32.8 Å². The molecule has 0 fully saturated rings. The summed E-state index contributed by atoms with van der Waals surface area (Å²) < 4.78 is 5.46. The fraction of sp³-hybridized carbons (Fsp3) is 0.520. The molecule has 1 aromatic rings. The van der Waals surface area contributed by atoms with Crippen LogP contribution in [0.1, 0.15) is 55.9 Å². The van der Waals surface area contributed by atoms with E-state index in [2.05, 4.69) is 53.7 Å². The summed E-state index contributed by atoms with van der Waals surface area (Å²) in [6, 6.07) is 10.2. The van der Waals surface area contributed by atoms with Crippen LogP contribution in [0.5, 0.6) is 0 Å². The van der Waals surface area contributed by atoms with Gasteiger partial charge in [-0.05, 0) is 24.6 Å². The maximum atomic E-state index is 12.3. The van der Waals surface area contributed by atoms with Crippen LogP contribution in [0.25, 0.3) is 0 Å². The molecule has 0 spiro atoms. The lowest BCUT2D eigenvalue weighted by atomic mass is 10.1. The smallest absolute Gasteiger partial charge is 0.257 e. The van der Waals surface area contributed by atoms with Crippen LogP contribution >= 0.6 is 21.6 Å². The van der Waals surface area contributed by atoms with Gasteiger partial charge in [-0.2, -0.15) is 0 Å². The Bertz CT molecular complexity index is 833. The van der Waals surface area contributed by atoms with E-state index in [0.717, 1.165) is 11.3 Å². The van der Waals surface area contributed by atoms with Gasteiger partial charge in [0.05, 0.1) is 12.0 Å². The average molecular weight is 507 g/mol. The minimum atomic E-state index is -0.251. The summed E-state index contributed by atoms with van der Waals surface area (Å²) in [6.45, 7) is 16.0. The number of hydrogen-bond acceptors (Lipinski definition) is 7. The Morgan fingerprint density at radius 3 is 2.32 bits per heavy atom. The number of rotatable bonds is 15. The van der Waals surface area contributed by atoms with Gasteiger partial charge >= 0.3 is 0 Å². The number of allylic oxidation sites excluding steroid dienone is 1. The second-order valence-corrected chi connectivity index (χ2v) is 11.1. The molecule has 2 amide bonds. The molecule has 0 aliphatic rings. The van der Waals surface area contributed by atoms with Gasteiger partial charge in [-0.3, -0.25) is 20.2 Å². The van der Waals surface area contributed by atoms with Crippen LogP contribution < -0.4 is 21.3 Å². The van der Waals surface area contributed by atoms with E-state index in [9.17, 15) is 9.59 Å². The van der Waals surface area contributed by atoms with E-state index >= 15 is 0 Å². The first-order valence-corrected chi connectivity index (χ1v) is 13.7. The van der Waals surface area contributed by atoms with Crippen LogP contribution in [0, 0.1) is 17.9 Å². The van der Waals surface area contributed by atoms with Crippen molar-refractivity contribution in [1.29, 1.82) is 0 Å². The normalized spacial score (nSPS) is 11.5. The Morgan fingerprint density at radius 2 is 1.71 bits per heavy atom. The Morgan fingerprint density at radius 1 is 1.03 bits per heavy atom. The third-order valence-electron chi connectivity index (χ3n) is 4.03. The minimum absolute atomic E-state index is 0.0265. The lowest BCUT2D eigenvalue weighted by Gasteiger charge is -2.19. The summed E-state index contributed by atoms with van der Waals surface area (Å²) in [4.78, 5) is 24.1. The number of nitrogens with one attached hydrogen (secondary N) is 4. The number of amides is 2. The number of benzene rings is 1. The summed E-state index contributed by atoms with van der Waals surface area (Å²) in [5.74, 6) is 2.73. The third kappa shape index (κ3) is 14.2. The van der Waals surface area contributed by atoms with E-state index in [1.165, 1.54) is 0 Å². The van der Waals surface area contributed by atoms with Crippen LogP contribution in [0.3, 0.4) is 0 Å². The van der Waals surface area contributed by atoms with E-state index < -0.39 is 0 Å². The molecule has 4 N–H and O–H groups in total. The monoisotopic (exact) mass is 506 g/mol. The number of ether oxygens (including phenoxy) is 1. The molecule has 0 saturated carbocycles. The molecule has 0 saturated heterocycles. The van der Waals surface area contributed by atoms with E-state index in [1.807, 2.05) is 45.0 Å². The van der Waals surface area contributed by atoms with Crippen LogP contribution in [-0.4, -0.2) is 49.9 Å². The van der Waals surface area contributed by atoms with Crippen molar-refractivity contribution in [1.82, 2.24) is 21.3 Å². The Hall–Kier alpha value is -2.12. The Balaban J connectivity index is 2.53. The van der Waals surface area contributed by atoms with Gasteiger partial charge in [0.1, 0.15) is 6.61 Å². The molecular formula is C25H38N4O3S2. The molecule has 0 aliphatic heterocycles. The quantitative estimate of drug-likeness (QED) is 0.0949. The summed E-state index contributed by atoms with van der Waals surface area (Å²) >= 11 is 0. The predicted molar refractivity (Wildman–Crippen MR) is 144 cm³/mol. The van der Waals surface area contributed by atoms with Gasteiger partial charge in [-0.25, -0.2) is 0 Å². The molecule has 1 atom stereocenters. The lowest BCUT2D eigenvalue weighted by Crippen LogP contribution is -2.31. The van der Waals surface area contributed by atoms with Crippen molar-refractivity contribution in [2.24, 2.45) is 5.92 Å². The molecule has 1 rings (SSSR count). The van der Waals surface area contributed by atoms with Gasteiger partial charge in [0.15, 0.2) is 0 Å². The van der Waals surface area contributed by atoms with Crippen LogP contribution in [0.15, 0.2) is 36.5 Å². The second-order valence-electron chi connectivity index (χ2n) is 8.19. The molecule has 1 unspecified atom stereocenters. The van der Waals surface area contributed by atoms with Gasteiger partial charge in [-0.15, -0.1) is 0 Å². The van der Waals surface area contributed by atoms with E-state index in [0.29, 0.717) is 37.1 Å². The lowest BCUT2D eigenvalue weighted by molar-refractivity contribution is -0.124. The predicted octanol–water partition coefficient (Wildman–Crippen LogP) is 3.67. The maximum Gasteiger partial charge on any atom is 0.257 e. The number of carbonyl (C=O) groups excluding carboxylic acids is 2. The highest BCUT2D eigenvalue weighted by atomic mass is 33.1. The molecular weight excluding hydrogens is 468 g/mol. The topological polar surface area (TPSA) is 91.5 Å². The van der Waals surface area contributed by atoms with Crippen molar-refractivity contribution in [3.63, 3.8) is 0 Å². The highest BCUT2D eigenvalue weighted by molar-refractivity contribution is 8.77. The molecule has 0 heterocycles. The highest BCUT2D eigenvalue weighted by Crippen LogP contribution is 2.38. The van der Waals surface area contributed by atoms with Crippen LogP contribution in [0.4, 0.5) is 0 Å². The van der Waals surface area contributed by atoms with Gasteiger partial charge in [0, 0.05) is 48.1 Å². The molecule has 34 heavy (non-hydrogen) atoms. The zero-order chi connectivity index (χ0) is 25.3. The van der Waals surface area contributed by atoms with Crippen molar-refractivity contribution in [3.05, 3.63) is 47.7 Å². The molecule has 7 nitrogen and oxygen atoms in total.